The van der Waals surface area contributed by atoms with Crippen LogP contribution in [0.4, 0.5) is 0 Å². The molecular formula is C16H22. The molecule has 0 unspecified atom stereocenters. The summed E-state index contributed by atoms with van der Waals surface area (Å²) in [6.45, 7) is 6.84. The fourth-order valence-corrected chi connectivity index (χ4v) is 2.53. The monoisotopic (exact) mass is 214 g/mol. The Morgan fingerprint density at radius 1 is 1.25 bits per heavy atom. The van der Waals surface area contributed by atoms with Gasteiger partial charge in [0.2, 0.25) is 0 Å². The summed E-state index contributed by atoms with van der Waals surface area (Å²) in [5, 5.41) is 0. The molecule has 0 amide bonds. The average Bonchev–Trinajstić information content (AvgIpc) is 2.68. The molecule has 0 aliphatic heterocycles. The van der Waals surface area contributed by atoms with Crippen LogP contribution in [0.5, 0.6) is 0 Å². The molecule has 0 saturated heterocycles. The number of rotatable bonds is 4. The van der Waals surface area contributed by atoms with Gasteiger partial charge in [-0.15, -0.1) is 0 Å². The highest BCUT2D eigenvalue weighted by Crippen LogP contribution is 2.33. The Labute approximate surface area is 99.4 Å². The Hall–Kier alpha value is -1.04. The minimum Gasteiger partial charge on any atom is -0.0654 e. The van der Waals surface area contributed by atoms with Crippen molar-refractivity contribution in [2.45, 2.75) is 52.4 Å². The van der Waals surface area contributed by atoms with Crippen molar-refractivity contribution in [2.24, 2.45) is 0 Å². The number of allylic oxidation sites excluding steroid dienone is 1. The minimum atomic E-state index is 0.636. The van der Waals surface area contributed by atoms with Gasteiger partial charge in [-0.25, -0.2) is 0 Å². The summed E-state index contributed by atoms with van der Waals surface area (Å²) in [6, 6.07) is 6.78. The topological polar surface area (TPSA) is 0 Å². The molecular weight excluding hydrogens is 192 g/mol. The van der Waals surface area contributed by atoms with Crippen molar-refractivity contribution >= 4 is 6.08 Å². The van der Waals surface area contributed by atoms with Gasteiger partial charge in [0.15, 0.2) is 0 Å². The zero-order chi connectivity index (χ0) is 11.5. The van der Waals surface area contributed by atoms with Crippen molar-refractivity contribution in [3.8, 4) is 0 Å². The van der Waals surface area contributed by atoms with Gasteiger partial charge in [-0.05, 0) is 41.9 Å². The highest BCUT2D eigenvalue weighted by molar-refractivity contribution is 5.67. The lowest BCUT2D eigenvalue weighted by Crippen LogP contribution is -1.93. The van der Waals surface area contributed by atoms with Crippen LogP contribution in [0.2, 0.25) is 0 Å². The molecule has 0 spiro atoms. The van der Waals surface area contributed by atoms with Crippen LogP contribution < -0.4 is 0 Å². The lowest BCUT2D eigenvalue weighted by molar-refractivity contribution is 0.779. The van der Waals surface area contributed by atoms with E-state index in [-0.39, 0.29) is 0 Å². The molecule has 1 aliphatic carbocycles. The van der Waals surface area contributed by atoms with Gasteiger partial charge in [0.25, 0.3) is 0 Å². The Kier molecular flexibility index (Phi) is 3.48. The number of fused-ring (bicyclic) bond motifs is 1. The fraction of sp³-hybridized carbons (Fsp3) is 0.500. The van der Waals surface area contributed by atoms with Crippen molar-refractivity contribution in [2.75, 3.05) is 0 Å². The van der Waals surface area contributed by atoms with E-state index in [1.165, 1.54) is 42.4 Å². The Morgan fingerprint density at radius 3 is 2.75 bits per heavy atom. The van der Waals surface area contributed by atoms with Gasteiger partial charge in [0.05, 0.1) is 0 Å². The van der Waals surface area contributed by atoms with Gasteiger partial charge < -0.3 is 0 Å². The van der Waals surface area contributed by atoms with Gasteiger partial charge >= 0.3 is 0 Å². The SMILES string of the molecule is CCCCC1=Cc2c(cccc2C(C)C)C1. The first kappa shape index (κ1) is 11.4. The van der Waals surface area contributed by atoms with E-state index >= 15 is 0 Å². The fourth-order valence-electron chi connectivity index (χ4n) is 2.53. The summed E-state index contributed by atoms with van der Waals surface area (Å²) in [5.41, 5.74) is 6.20. The molecule has 1 aromatic carbocycles. The van der Waals surface area contributed by atoms with Crippen LogP contribution in [0.25, 0.3) is 6.08 Å². The van der Waals surface area contributed by atoms with Crippen molar-refractivity contribution in [1.82, 2.24) is 0 Å². The molecule has 0 radical (unpaired) electrons. The summed E-state index contributed by atoms with van der Waals surface area (Å²) in [6.07, 6.45) is 7.54. The largest absolute Gasteiger partial charge is 0.0654 e. The van der Waals surface area contributed by atoms with E-state index in [1.54, 1.807) is 5.57 Å². The highest BCUT2D eigenvalue weighted by Gasteiger charge is 2.16. The second-order valence-electron chi connectivity index (χ2n) is 5.16. The Balaban J connectivity index is 2.24. The van der Waals surface area contributed by atoms with Crippen molar-refractivity contribution in [3.63, 3.8) is 0 Å². The van der Waals surface area contributed by atoms with Gasteiger partial charge in [-0.1, -0.05) is 57.0 Å². The first-order chi connectivity index (χ1) is 7.72. The summed E-state index contributed by atoms with van der Waals surface area (Å²) in [4.78, 5) is 0. The number of hydrogen-bond acceptors (Lipinski definition) is 0. The molecule has 0 nitrogen and oxygen atoms in total. The smallest absolute Gasteiger partial charge is 0.00577 e. The maximum atomic E-state index is 2.44. The third-order valence-electron chi connectivity index (χ3n) is 3.47. The van der Waals surface area contributed by atoms with Crippen molar-refractivity contribution in [1.29, 1.82) is 0 Å². The summed E-state index contributed by atoms with van der Waals surface area (Å²) < 4.78 is 0. The first-order valence-corrected chi connectivity index (χ1v) is 6.53. The predicted octanol–water partition coefficient (Wildman–Crippen LogP) is 4.94. The van der Waals surface area contributed by atoms with Crippen molar-refractivity contribution in [3.05, 3.63) is 40.5 Å². The number of benzene rings is 1. The lowest BCUT2D eigenvalue weighted by atomic mass is 9.95. The summed E-state index contributed by atoms with van der Waals surface area (Å²) >= 11 is 0. The van der Waals surface area contributed by atoms with E-state index < -0.39 is 0 Å². The standard InChI is InChI=1S/C16H22/c1-4-5-7-13-10-14-8-6-9-15(12(2)3)16(14)11-13/h6,8-9,11-12H,4-5,7,10H2,1-3H3. The van der Waals surface area contributed by atoms with Gasteiger partial charge in [-0.2, -0.15) is 0 Å². The van der Waals surface area contributed by atoms with E-state index in [1.807, 2.05) is 0 Å². The third-order valence-corrected chi connectivity index (χ3v) is 3.47. The third kappa shape index (κ3) is 2.21. The number of unbranched alkanes of at least 4 members (excludes halogenated alkanes) is 1. The molecule has 0 atom stereocenters. The molecule has 0 saturated carbocycles. The average molecular weight is 214 g/mol. The maximum Gasteiger partial charge on any atom is -0.00577 e. The van der Waals surface area contributed by atoms with Gasteiger partial charge in [0, 0.05) is 0 Å². The van der Waals surface area contributed by atoms with E-state index in [4.69, 9.17) is 0 Å². The minimum absolute atomic E-state index is 0.636. The van der Waals surface area contributed by atoms with E-state index in [0.717, 1.165) is 0 Å². The van der Waals surface area contributed by atoms with E-state index in [9.17, 15) is 0 Å². The quantitative estimate of drug-likeness (QED) is 0.666. The molecule has 0 heterocycles. The molecule has 0 N–H and O–H groups in total. The summed E-state index contributed by atoms with van der Waals surface area (Å²) in [5.74, 6) is 0.636. The van der Waals surface area contributed by atoms with Gasteiger partial charge in [-0.3, -0.25) is 0 Å². The zero-order valence-electron chi connectivity index (χ0n) is 10.7. The Bertz CT molecular complexity index is 396. The van der Waals surface area contributed by atoms with Crippen LogP contribution in [-0.4, -0.2) is 0 Å². The second kappa shape index (κ2) is 4.86. The molecule has 2 rings (SSSR count). The normalized spacial score (nSPS) is 14.1. The molecule has 1 aliphatic rings. The van der Waals surface area contributed by atoms with Crippen molar-refractivity contribution < 1.29 is 0 Å². The van der Waals surface area contributed by atoms with Crippen LogP contribution in [-0.2, 0) is 6.42 Å². The highest BCUT2D eigenvalue weighted by atomic mass is 14.2. The van der Waals surface area contributed by atoms with Gasteiger partial charge in [0.1, 0.15) is 0 Å². The van der Waals surface area contributed by atoms with E-state index in [0.29, 0.717) is 5.92 Å². The molecule has 0 aromatic heterocycles. The maximum absolute atomic E-state index is 2.44. The van der Waals surface area contributed by atoms with E-state index in [2.05, 4.69) is 45.0 Å². The zero-order valence-corrected chi connectivity index (χ0v) is 10.7. The molecule has 0 bridgehead atoms. The predicted molar refractivity (Wildman–Crippen MR) is 71.7 cm³/mol. The van der Waals surface area contributed by atoms with Crippen LogP contribution in [0.3, 0.4) is 0 Å². The second-order valence-corrected chi connectivity index (χ2v) is 5.16. The molecule has 1 aromatic rings. The van der Waals surface area contributed by atoms with Crippen LogP contribution in [0.15, 0.2) is 23.8 Å². The lowest BCUT2D eigenvalue weighted by Gasteiger charge is -2.10. The Morgan fingerprint density at radius 2 is 2.06 bits per heavy atom. The molecule has 0 heteroatoms. The molecule has 16 heavy (non-hydrogen) atoms. The molecule has 86 valence electrons. The van der Waals surface area contributed by atoms with Crippen LogP contribution >= 0.6 is 0 Å². The van der Waals surface area contributed by atoms with Crippen LogP contribution in [0, 0.1) is 0 Å². The molecule has 0 fully saturated rings. The van der Waals surface area contributed by atoms with Crippen LogP contribution in [0.1, 0.15) is 62.6 Å². The number of hydrogen-bond donors (Lipinski definition) is 0. The first-order valence-electron chi connectivity index (χ1n) is 6.53. The summed E-state index contributed by atoms with van der Waals surface area (Å²) in [7, 11) is 0.